The Morgan fingerprint density at radius 3 is 2.52 bits per heavy atom. The maximum absolute atomic E-state index is 6.04. The van der Waals surface area contributed by atoms with E-state index >= 15 is 0 Å². The standard InChI is InChI=1S/C19H23ClN2S/c1-4-5-15-7-9-16(10-8-15)14(3)21-19(23)22-18-12-17(20)11-6-13(18)2/h6-12,14H,4-5H2,1-3H3,(H2,21,22,23). The molecule has 0 saturated carbocycles. The van der Waals surface area contributed by atoms with Gasteiger partial charge in [-0.15, -0.1) is 0 Å². The fourth-order valence-electron chi connectivity index (χ4n) is 2.43. The van der Waals surface area contributed by atoms with Crippen molar-refractivity contribution in [3.63, 3.8) is 0 Å². The molecule has 4 heteroatoms. The highest BCUT2D eigenvalue weighted by Gasteiger charge is 2.08. The van der Waals surface area contributed by atoms with E-state index in [1.165, 1.54) is 17.5 Å². The zero-order chi connectivity index (χ0) is 16.8. The molecule has 0 bridgehead atoms. The molecule has 2 aromatic carbocycles. The van der Waals surface area contributed by atoms with E-state index in [1.807, 2.05) is 25.1 Å². The number of nitrogens with one attached hydrogen (secondary N) is 2. The predicted octanol–water partition coefficient (Wildman–Crippen LogP) is 5.65. The number of hydrogen-bond donors (Lipinski definition) is 2. The fraction of sp³-hybridized carbons (Fsp3) is 0.316. The molecule has 1 atom stereocenters. The van der Waals surface area contributed by atoms with Crippen LogP contribution in [0.3, 0.4) is 0 Å². The van der Waals surface area contributed by atoms with Crippen molar-refractivity contribution in [2.45, 2.75) is 39.7 Å². The van der Waals surface area contributed by atoms with E-state index in [4.69, 9.17) is 23.8 Å². The molecule has 0 aliphatic carbocycles. The van der Waals surface area contributed by atoms with E-state index in [0.29, 0.717) is 10.1 Å². The zero-order valence-electron chi connectivity index (χ0n) is 13.8. The van der Waals surface area contributed by atoms with Crippen LogP contribution in [0.4, 0.5) is 5.69 Å². The van der Waals surface area contributed by atoms with Crippen LogP contribution in [-0.4, -0.2) is 5.11 Å². The molecule has 23 heavy (non-hydrogen) atoms. The average molecular weight is 347 g/mol. The van der Waals surface area contributed by atoms with Crippen LogP contribution in [0.5, 0.6) is 0 Å². The van der Waals surface area contributed by atoms with Gasteiger partial charge in [-0.25, -0.2) is 0 Å². The smallest absolute Gasteiger partial charge is 0.171 e. The van der Waals surface area contributed by atoms with Gasteiger partial charge in [0.15, 0.2) is 5.11 Å². The van der Waals surface area contributed by atoms with Crippen molar-refractivity contribution in [3.05, 3.63) is 64.2 Å². The van der Waals surface area contributed by atoms with Gasteiger partial charge in [0.1, 0.15) is 0 Å². The summed E-state index contributed by atoms with van der Waals surface area (Å²) >= 11 is 11.5. The summed E-state index contributed by atoms with van der Waals surface area (Å²) in [6.07, 6.45) is 2.29. The molecule has 0 aliphatic rings. The lowest BCUT2D eigenvalue weighted by Crippen LogP contribution is -2.31. The Morgan fingerprint density at radius 2 is 1.87 bits per heavy atom. The summed E-state index contributed by atoms with van der Waals surface area (Å²) in [4.78, 5) is 0. The van der Waals surface area contributed by atoms with E-state index in [2.05, 4.69) is 48.7 Å². The molecule has 0 fully saturated rings. The van der Waals surface area contributed by atoms with E-state index in [0.717, 1.165) is 17.7 Å². The third kappa shape index (κ3) is 5.22. The molecule has 0 amide bonds. The minimum atomic E-state index is 0.144. The van der Waals surface area contributed by atoms with E-state index in [9.17, 15) is 0 Å². The molecule has 2 aromatic rings. The molecule has 0 heterocycles. The number of aryl methyl sites for hydroxylation is 2. The zero-order valence-corrected chi connectivity index (χ0v) is 15.4. The summed E-state index contributed by atoms with van der Waals surface area (Å²) < 4.78 is 0. The van der Waals surface area contributed by atoms with Crippen LogP contribution >= 0.6 is 23.8 Å². The first kappa shape index (κ1) is 17.8. The van der Waals surface area contributed by atoms with Gasteiger partial charge in [-0.2, -0.15) is 0 Å². The lowest BCUT2D eigenvalue weighted by Gasteiger charge is -2.18. The van der Waals surface area contributed by atoms with Crippen LogP contribution in [0.25, 0.3) is 0 Å². The van der Waals surface area contributed by atoms with Gasteiger partial charge in [-0.3, -0.25) is 0 Å². The van der Waals surface area contributed by atoms with E-state index in [-0.39, 0.29) is 6.04 Å². The van der Waals surface area contributed by atoms with Crippen LogP contribution in [0.2, 0.25) is 5.02 Å². The van der Waals surface area contributed by atoms with Crippen molar-refractivity contribution in [2.24, 2.45) is 0 Å². The second-order valence-corrected chi connectivity index (χ2v) is 6.62. The monoisotopic (exact) mass is 346 g/mol. The molecule has 0 spiro atoms. The van der Waals surface area contributed by atoms with E-state index in [1.54, 1.807) is 0 Å². The summed E-state index contributed by atoms with van der Waals surface area (Å²) in [6, 6.07) is 14.6. The van der Waals surface area contributed by atoms with Gasteiger partial charge in [0, 0.05) is 10.7 Å². The fourth-order valence-corrected chi connectivity index (χ4v) is 2.89. The highest BCUT2D eigenvalue weighted by atomic mass is 35.5. The maximum Gasteiger partial charge on any atom is 0.171 e. The van der Waals surface area contributed by atoms with Gasteiger partial charge < -0.3 is 10.6 Å². The van der Waals surface area contributed by atoms with Crippen LogP contribution in [0, 0.1) is 6.92 Å². The van der Waals surface area contributed by atoms with Crippen LogP contribution < -0.4 is 10.6 Å². The first-order valence-electron chi connectivity index (χ1n) is 7.92. The highest BCUT2D eigenvalue weighted by Crippen LogP contribution is 2.20. The molecule has 0 radical (unpaired) electrons. The van der Waals surface area contributed by atoms with Crippen molar-refractivity contribution >= 4 is 34.6 Å². The van der Waals surface area contributed by atoms with Crippen molar-refractivity contribution in [3.8, 4) is 0 Å². The summed E-state index contributed by atoms with van der Waals surface area (Å²) in [5, 5.41) is 7.83. The number of halogens is 1. The first-order chi connectivity index (χ1) is 11.0. The Kier molecular flexibility index (Phi) is 6.43. The van der Waals surface area contributed by atoms with Gasteiger partial charge in [0.05, 0.1) is 6.04 Å². The molecule has 2 N–H and O–H groups in total. The number of thiocarbonyl (C=S) groups is 1. The van der Waals surface area contributed by atoms with E-state index < -0.39 is 0 Å². The SMILES string of the molecule is CCCc1ccc(C(C)NC(=S)Nc2cc(Cl)ccc2C)cc1. The predicted molar refractivity (Wildman–Crippen MR) is 104 cm³/mol. The number of rotatable bonds is 5. The topological polar surface area (TPSA) is 24.1 Å². The van der Waals surface area contributed by atoms with Crippen LogP contribution in [-0.2, 0) is 6.42 Å². The molecule has 122 valence electrons. The Bertz CT molecular complexity index is 668. The Balaban J connectivity index is 1.97. The average Bonchev–Trinajstić information content (AvgIpc) is 2.52. The van der Waals surface area contributed by atoms with Crippen molar-refractivity contribution < 1.29 is 0 Å². The summed E-state index contributed by atoms with van der Waals surface area (Å²) in [6.45, 7) is 6.32. The van der Waals surface area contributed by atoms with Gasteiger partial charge >= 0.3 is 0 Å². The molecule has 1 unspecified atom stereocenters. The summed E-state index contributed by atoms with van der Waals surface area (Å²) in [5.41, 5.74) is 4.63. The quantitative estimate of drug-likeness (QED) is 0.684. The molecule has 0 aliphatic heterocycles. The van der Waals surface area contributed by atoms with Gasteiger partial charge in [0.2, 0.25) is 0 Å². The Labute approximate surface area is 149 Å². The minimum absolute atomic E-state index is 0.144. The first-order valence-corrected chi connectivity index (χ1v) is 8.70. The molecule has 0 aromatic heterocycles. The normalized spacial score (nSPS) is 11.8. The molecule has 2 rings (SSSR count). The summed E-state index contributed by atoms with van der Waals surface area (Å²) in [5.74, 6) is 0. The Morgan fingerprint density at radius 1 is 1.17 bits per heavy atom. The molecule has 2 nitrogen and oxygen atoms in total. The Hall–Kier alpha value is -1.58. The summed E-state index contributed by atoms with van der Waals surface area (Å²) in [7, 11) is 0. The van der Waals surface area contributed by atoms with Crippen molar-refractivity contribution in [2.75, 3.05) is 5.32 Å². The van der Waals surface area contributed by atoms with Crippen LogP contribution in [0.15, 0.2) is 42.5 Å². The van der Waals surface area contributed by atoms with Crippen LogP contribution in [0.1, 0.15) is 43.0 Å². The molecule has 0 saturated heterocycles. The number of anilines is 1. The third-order valence-corrected chi connectivity index (χ3v) is 4.27. The van der Waals surface area contributed by atoms with Gasteiger partial charge in [0.25, 0.3) is 0 Å². The molecular formula is C19H23ClN2S. The second kappa shape index (κ2) is 8.32. The van der Waals surface area contributed by atoms with Crippen molar-refractivity contribution in [1.82, 2.24) is 5.32 Å². The van der Waals surface area contributed by atoms with Gasteiger partial charge in [-0.05, 0) is 61.3 Å². The lowest BCUT2D eigenvalue weighted by atomic mass is 10.0. The van der Waals surface area contributed by atoms with Gasteiger partial charge in [-0.1, -0.05) is 55.3 Å². The molecular weight excluding hydrogens is 324 g/mol. The van der Waals surface area contributed by atoms with Crippen molar-refractivity contribution in [1.29, 1.82) is 0 Å². The minimum Gasteiger partial charge on any atom is -0.356 e. The number of hydrogen-bond acceptors (Lipinski definition) is 1. The number of benzene rings is 2. The maximum atomic E-state index is 6.04. The highest BCUT2D eigenvalue weighted by molar-refractivity contribution is 7.80. The third-order valence-electron chi connectivity index (χ3n) is 3.81. The second-order valence-electron chi connectivity index (χ2n) is 5.77. The lowest BCUT2D eigenvalue weighted by molar-refractivity contribution is 0.721. The largest absolute Gasteiger partial charge is 0.356 e.